The maximum absolute atomic E-state index is 12.5. The Hall–Kier alpha value is -1.50. The minimum Gasteiger partial charge on any atom is -0.313 e. The number of aryl methyl sites for hydroxylation is 2. The number of rotatable bonds is 13. The van der Waals surface area contributed by atoms with Gasteiger partial charge in [0.15, 0.2) is 16.3 Å². The summed E-state index contributed by atoms with van der Waals surface area (Å²) in [5, 5.41) is 0.852. The van der Waals surface area contributed by atoms with E-state index in [1.54, 1.807) is 18.8 Å². The van der Waals surface area contributed by atoms with Crippen LogP contribution in [0.5, 0.6) is 0 Å². The first kappa shape index (κ1) is 22.8. The molecule has 0 aliphatic heterocycles. The number of hydrogen-bond donors (Lipinski definition) is 1. The van der Waals surface area contributed by atoms with E-state index in [0.29, 0.717) is 17.1 Å². The molecule has 0 aromatic carbocycles. The van der Waals surface area contributed by atoms with Gasteiger partial charge in [0.25, 0.3) is 5.56 Å². The van der Waals surface area contributed by atoms with Crippen molar-refractivity contribution in [3.63, 3.8) is 0 Å². The van der Waals surface area contributed by atoms with Gasteiger partial charge in [0, 0.05) is 19.3 Å². The number of aromatic nitrogens is 4. The second kappa shape index (κ2) is 11.5. The number of H-pyrrole nitrogens is 1. The number of hydrogen-bond acceptors (Lipinski definition) is 4. The molecule has 0 radical (unpaired) electrons. The number of thioether (sulfide) groups is 1. The van der Waals surface area contributed by atoms with Gasteiger partial charge in [-0.3, -0.25) is 14.3 Å². The number of imidazole rings is 1. The molecule has 7 heteroatoms. The molecule has 2 aromatic rings. The van der Waals surface area contributed by atoms with Crippen LogP contribution in [0.15, 0.2) is 14.7 Å². The maximum atomic E-state index is 12.5. The lowest BCUT2D eigenvalue weighted by Gasteiger charge is -2.09. The normalized spacial score (nSPS) is 11.8. The molecule has 2 rings (SSSR count). The third-order valence-corrected chi connectivity index (χ3v) is 6.14. The Kier molecular flexibility index (Phi) is 9.35. The van der Waals surface area contributed by atoms with Crippen molar-refractivity contribution in [1.82, 2.24) is 19.1 Å². The van der Waals surface area contributed by atoms with Gasteiger partial charge >= 0.3 is 5.69 Å². The molecule has 0 fully saturated rings. The van der Waals surface area contributed by atoms with Crippen LogP contribution in [-0.4, -0.2) is 24.9 Å². The predicted octanol–water partition coefficient (Wildman–Crippen LogP) is 4.70. The van der Waals surface area contributed by atoms with Gasteiger partial charge in [-0.2, -0.15) is 0 Å². The maximum Gasteiger partial charge on any atom is 0.329 e. The average molecular weight is 409 g/mol. The van der Waals surface area contributed by atoms with Crippen LogP contribution in [0.1, 0.15) is 78.6 Å². The van der Waals surface area contributed by atoms with Crippen LogP contribution in [0.25, 0.3) is 11.2 Å². The van der Waals surface area contributed by atoms with Gasteiger partial charge in [0.2, 0.25) is 0 Å². The molecule has 2 aromatic heterocycles. The van der Waals surface area contributed by atoms with Crippen molar-refractivity contribution in [2.24, 2.45) is 13.0 Å². The smallest absolute Gasteiger partial charge is 0.313 e. The van der Waals surface area contributed by atoms with Gasteiger partial charge in [-0.25, -0.2) is 9.78 Å². The van der Waals surface area contributed by atoms with E-state index in [1.165, 1.54) is 43.1 Å². The topological polar surface area (TPSA) is 72.7 Å². The fourth-order valence-electron chi connectivity index (χ4n) is 3.32. The lowest BCUT2D eigenvalue weighted by molar-refractivity contribution is 0.533. The molecule has 0 bridgehead atoms. The van der Waals surface area contributed by atoms with Gasteiger partial charge in [-0.05, 0) is 18.8 Å². The molecule has 6 nitrogen and oxygen atoms in total. The van der Waals surface area contributed by atoms with Crippen LogP contribution >= 0.6 is 11.8 Å². The molecule has 0 atom stereocenters. The SMILES string of the molecule is CCCCCCCCCCn1c(SCCC(C)C)nc2c1c(=O)[nH]c(=O)n2C. The molecular formula is C21H36N4O2S. The summed E-state index contributed by atoms with van der Waals surface area (Å²) >= 11 is 1.69. The first-order valence-corrected chi connectivity index (χ1v) is 11.8. The summed E-state index contributed by atoms with van der Waals surface area (Å²) in [6, 6.07) is 0. The zero-order chi connectivity index (χ0) is 20.5. The number of fused-ring (bicyclic) bond motifs is 1. The van der Waals surface area contributed by atoms with Crippen molar-refractivity contribution < 1.29 is 0 Å². The highest BCUT2D eigenvalue weighted by Crippen LogP contribution is 2.24. The predicted molar refractivity (Wildman–Crippen MR) is 118 cm³/mol. The zero-order valence-corrected chi connectivity index (χ0v) is 18.7. The third kappa shape index (κ3) is 6.26. The van der Waals surface area contributed by atoms with Crippen molar-refractivity contribution in [2.45, 2.75) is 90.3 Å². The molecule has 0 saturated heterocycles. The third-order valence-electron chi connectivity index (χ3n) is 5.13. The van der Waals surface area contributed by atoms with Crippen molar-refractivity contribution in [2.75, 3.05) is 5.75 Å². The summed E-state index contributed by atoms with van der Waals surface area (Å²) in [7, 11) is 1.66. The molecule has 0 unspecified atom stereocenters. The molecule has 0 aliphatic carbocycles. The van der Waals surface area contributed by atoms with Crippen molar-refractivity contribution in [3.05, 3.63) is 20.8 Å². The van der Waals surface area contributed by atoms with Gasteiger partial charge < -0.3 is 4.57 Å². The molecule has 0 spiro atoms. The Bertz CT molecular complexity index is 850. The van der Waals surface area contributed by atoms with Crippen LogP contribution in [0.2, 0.25) is 0 Å². The zero-order valence-electron chi connectivity index (χ0n) is 17.9. The number of nitrogens with one attached hydrogen (secondary N) is 1. The van der Waals surface area contributed by atoms with E-state index in [0.717, 1.165) is 36.7 Å². The minimum absolute atomic E-state index is 0.333. The van der Waals surface area contributed by atoms with Crippen LogP contribution in [0.4, 0.5) is 0 Å². The second-order valence-corrected chi connectivity index (χ2v) is 9.10. The molecule has 0 saturated carbocycles. The van der Waals surface area contributed by atoms with E-state index >= 15 is 0 Å². The summed E-state index contributed by atoms with van der Waals surface area (Å²) in [4.78, 5) is 31.5. The van der Waals surface area contributed by atoms with Gasteiger partial charge in [-0.15, -0.1) is 0 Å². The molecule has 28 heavy (non-hydrogen) atoms. The van der Waals surface area contributed by atoms with Gasteiger partial charge in [0.1, 0.15) is 0 Å². The fourth-order valence-corrected chi connectivity index (χ4v) is 4.58. The van der Waals surface area contributed by atoms with Crippen LogP contribution in [0.3, 0.4) is 0 Å². The summed E-state index contributed by atoms with van der Waals surface area (Å²) in [6.45, 7) is 7.43. The van der Waals surface area contributed by atoms with Gasteiger partial charge in [-0.1, -0.05) is 77.5 Å². The Labute approximate surface area is 172 Å². The van der Waals surface area contributed by atoms with E-state index < -0.39 is 5.69 Å². The summed E-state index contributed by atoms with van der Waals surface area (Å²) in [6.07, 6.45) is 11.1. The first-order valence-electron chi connectivity index (χ1n) is 10.8. The Morgan fingerprint density at radius 2 is 1.68 bits per heavy atom. The van der Waals surface area contributed by atoms with Crippen LogP contribution in [0, 0.1) is 5.92 Å². The molecule has 1 N–H and O–H groups in total. The number of aromatic amines is 1. The monoisotopic (exact) mass is 408 g/mol. The average Bonchev–Trinajstić information content (AvgIpc) is 3.01. The number of nitrogens with zero attached hydrogens (tertiary/aromatic N) is 3. The van der Waals surface area contributed by atoms with Crippen molar-refractivity contribution in [3.8, 4) is 0 Å². The van der Waals surface area contributed by atoms with Crippen LogP contribution in [-0.2, 0) is 13.6 Å². The fraction of sp³-hybridized carbons (Fsp3) is 0.762. The molecule has 2 heterocycles. The summed E-state index contributed by atoms with van der Waals surface area (Å²) in [5.74, 6) is 1.59. The van der Waals surface area contributed by atoms with E-state index in [9.17, 15) is 9.59 Å². The van der Waals surface area contributed by atoms with E-state index in [2.05, 4.69) is 30.7 Å². The van der Waals surface area contributed by atoms with Gasteiger partial charge in [0.05, 0.1) is 0 Å². The first-order chi connectivity index (χ1) is 13.5. The Morgan fingerprint density at radius 3 is 2.32 bits per heavy atom. The summed E-state index contributed by atoms with van der Waals surface area (Å²) < 4.78 is 3.46. The van der Waals surface area contributed by atoms with E-state index in [-0.39, 0.29) is 5.56 Å². The Balaban J connectivity index is 2.09. The lowest BCUT2D eigenvalue weighted by atomic mass is 10.1. The van der Waals surface area contributed by atoms with Crippen molar-refractivity contribution in [1.29, 1.82) is 0 Å². The van der Waals surface area contributed by atoms with Crippen molar-refractivity contribution >= 4 is 22.9 Å². The van der Waals surface area contributed by atoms with E-state index in [4.69, 9.17) is 0 Å². The minimum atomic E-state index is -0.409. The molecule has 0 aliphatic rings. The number of unbranched alkanes of at least 4 members (excludes halogenated alkanes) is 7. The quantitative estimate of drug-likeness (QED) is 0.385. The highest BCUT2D eigenvalue weighted by Gasteiger charge is 2.17. The molecule has 0 amide bonds. The highest BCUT2D eigenvalue weighted by molar-refractivity contribution is 7.99. The molecular weight excluding hydrogens is 372 g/mol. The lowest BCUT2D eigenvalue weighted by Crippen LogP contribution is -2.29. The van der Waals surface area contributed by atoms with Crippen LogP contribution < -0.4 is 11.2 Å². The molecule has 158 valence electrons. The Morgan fingerprint density at radius 1 is 1.04 bits per heavy atom. The largest absolute Gasteiger partial charge is 0.329 e. The summed E-state index contributed by atoms with van der Waals surface area (Å²) in [5.41, 5.74) is 0.270. The standard InChI is InChI=1S/C21H36N4O2S/c1-5-6-7-8-9-10-11-12-14-25-17-18(24(4)20(27)23-19(17)26)22-21(25)28-15-13-16(2)3/h16H,5-15H2,1-4H3,(H,23,26,27). The second-order valence-electron chi connectivity index (χ2n) is 8.04. The van der Waals surface area contributed by atoms with E-state index in [1.807, 2.05) is 4.57 Å². The highest BCUT2D eigenvalue weighted by atomic mass is 32.2.